The molecular weight excluding hydrogens is 184 g/mol. The van der Waals surface area contributed by atoms with Crippen LogP contribution in [0, 0.1) is 0 Å². The first-order valence-electron chi connectivity index (χ1n) is 5.18. The molecule has 0 aromatic heterocycles. The molecule has 0 unspecified atom stereocenters. The van der Waals surface area contributed by atoms with Gasteiger partial charge in [-0.2, -0.15) is 4.89 Å². The lowest BCUT2D eigenvalue weighted by Crippen LogP contribution is -2.28. The molecule has 0 aromatic carbocycles. The zero-order chi connectivity index (χ0) is 10.2. The molecule has 2 saturated carbocycles. The molecule has 0 saturated heterocycles. The maximum atomic E-state index is 10.9. The van der Waals surface area contributed by atoms with Crippen LogP contribution in [0.5, 0.6) is 0 Å². The van der Waals surface area contributed by atoms with E-state index in [9.17, 15) is 9.90 Å². The standard InChI is InChI=1S/C10H16O4/c1-2-8(11)13-14-10-5-3-9(12,7-10)4-6-10/h12H,2-7H2,1H3. The second-order valence-corrected chi connectivity index (χ2v) is 4.48. The molecule has 1 N–H and O–H groups in total. The van der Waals surface area contributed by atoms with E-state index >= 15 is 0 Å². The van der Waals surface area contributed by atoms with Gasteiger partial charge in [-0.15, -0.1) is 0 Å². The van der Waals surface area contributed by atoms with E-state index in [2.05, 4.69) is 0 Å². The van der Waals surface area contributed by atoms with Crippen LogP contribution < -0.4 is 0 Å². The molecule has 4 heteroatoms. The van der Waals surface area contributed by atoms with Gasteiger partial charge >= 0.3 is 5.97 Å². The Morgan fingerprint density at radius 2 is 2.00 bits per heavy atom. The minimum atomic E-state index is -0.557. The third kappa shape index (κ3) is 1.64. The Morgan fingerprint density at radius 3 is 2.43 bits per heavy atom. The Bertz CT molecular complexity index is 241. The minimum Gasteiger partial charge on any atom is -0.390 e. The molecule has 0 aliphatic heterocycles. The monoisotopic (exact) mass is 200 g/mol. The van der Waals surface area contributed by atoms with E-state index < -0.39 is 5.60 Å². The van der Waals surface area contributed by atoms with Gasteiger partial charge in [0.2, 0.25) is 0 Å². The van der Waals surface area contributed by atoms with Crippen LogP contribution in [0.2, 0.25) is 0 Å². The minimum absolute atomic E-state index is 0.320. The summed E-state index contributed by atoms with van der Waals surface area (Å²) in [7, 11) is 0. The van der Waals surface area contributed by atoms with Crippen LogP contribution in [-0.4, -0.2) is 22.3 Å². The van der Waals surface area contributed by atoms with Gasteiger partial charge < -0.3 is 5.11 Å². The summed E-state index contributed by atoms with van der Waals surface area (Å²) in [6.45, 7) is 1.73. The van der Waals surface area contributed by atoms with E-state index in [1.54, 1.807) is 6.92 Å². The molecule has 2 aliphatic rings. The molecule has 14 heavy (non-hydrogen) atoms. The zero-order valence-corrected chi connectivity index (χ0v) is 8.41. The Kier molecular flexibility index (Phi) is 2.27. The molecule has 0 heterocycles. The predicted molar refractivity (Wildman–Crippen MR) is 48.2 cm³/mol. The molecule has 0 atom stereocenters. The number of hydrogen-bond donors (Lipinski definition) is 1. The lowest BCUT2D eigenvalue weighted by atomic mass is 9.95. The average Bonchev–Trinajstić information content (AvgIpc) is 2.68. The number of fused-ring (bicyclic) bond motifs is 2. The molecule has 2 rings (SSSR count). The Balaban J connectivity index is 1.90. The molecule has 2 fully saturated rings. The van der Waals surface area contributed by atoms with Crippen LogP contribution in [0.3, 0.4) is 0 Å². The lowest BCUT2D eigenvalue weighted by Gasteiger charge is -2.23. The first-order chi connectivity index (χ1) is 6.58. The first-order valence-corrected chi connectivity index (χ1v) is 5.18. The van der Waals surface area contributed by atoms with Crippen molar-refractivity contribution in [2.24, 2.45) is 0 Å². The first kappa shape index (κ1) is 9.93. The number of carbonyl (C=O) groups is 1. The SMILES string of the molecule is CCC(=O)OOC12CCC(O)(CC1)C2. The van der Waals surface area contributed by atoms with Gasteiger partial charge in [0.25, 0.3) is 0 Å². The summed E-state index contributed by atoms with van der Waals surface area (Å²) in [4.78, 5) is 20.8. The van der Waals surface area contributed by atoms with Crippen molar-refractivity contribution in [2.75, 3.05) is 0 Å². The fraction of sp³-hybridized carbons (Fsp3) is 0.900. The van der Waals surface area contributed by atoms with Crippen LogP contribution in [0.4, 0.5) is 0 Å². The van der Waals surface area contributed by atoms with Crippen molar-refractivity contribution in [3.05, 3.63) is 0 Å². The molecule has 2 bridgehead atoms. The summed E-state index contributed by atoms with van der Waals surface area (Å²) in [6, 6.07) is 0. The van der Waals surface area contributed by atoms with E-state index in [4.69, 9.17) is 9.78 Å². The normalized spacial score (nSPS) is 40.1. The van der Waals surface area contributed by atoms with E-state index in [1.165, 1.54) is 0 Å². The van der Waals surface area contributed by atoms with Crippen molar-refractivity contribution in [3.8, 4) is 0 Å². The van der Waals surface area contributed by atoms with Gasteiger partial charge in [-0.25, -0.2) is 4.79 Å². The smallest absolute Gasteiger partial charge is 0.342 e. The Labute approximate surface area is 83.1 Å². The Morgan fingerprint density at radius 1 is 1.36 bits per heavy atom. The molecule has 4 nitrogen and oxygen atoms in total. The summed E-state index contributed by atoms with van der Waals surface area (Å²) in [5, 5.41) is 9.91. The van der Waals surface area contributed by atoms with Crippen molar-refractivity contribution in [3.63, 3.8) is 0 Å². The highest BCUT2D eigenvalue weighted by molar-refractivity contribution is 5.68. The zero-order valence-electron chi connectivity index (χ0n) is 8.41. The van der Waals surface area contributed by atoms with Crippen LogP contribution in [0.25, 0.3) is 0 Å². The highest BCUT2D eigenvalue weighted by Crippen LogP contribution is 2.52. The van der Waals surface area contributed by atoms with Gasteiger partial charge in [-0.1, -0.05) is 6.92 Å². The molecular formula is C10H16O4. The highest BCUT2D eigenvalue weighted by Gasteiger charge is 2.56. The van der Waals surface area contributed by atoms with Gasteiger partial charge in [0, 0.05) is 12.8 Å². The topological polar surface area (TPSA) is 55.8 Å². The maximum absolute atomic E-state index is 10.9. The maximum Gasteiger partial charge on any atom is 0.342 e. The summed E-state index contributed by atoms with van der Waals surface area (Å²) >= 11 is 0. The molecule has 0 amide bonds. The lowest BCUT2D eigenvalue weighted by molar-refractivity contribution is -0.330. The number of hydrogen-bond acceptors (Lipinski definition) is 4. The number of aliphatic hydroxyl groups is 1. The van der Waals surface area contributed by atoms with E-state index in [0.717, 1.165) is 25.7 Å². The number of rotatable bonds is 3. The molecule has 0 radical (unpaired) electrons. The predicted octanol–water partition coefficient (Wildman–Crippen LogP) is 1.32. The van der Waals surface area contributed by atoms with Gasteiger partial charge in [0.1, 0.15) is 5.60 Å². The Hall–Kier alpha value is -0.610. The van der Waals surface area contributed by atoms with Gasteiger partial charge in [0.15, 0.2) is 0 Å². The summed E-state index contributed by atoms with van der Waals surface area (Å²) < 4.78 is 0. The van der Waals surface area contributed by atoms with E-state index in [1.807, 2.05) is 0 Å². The van der Waals surface area contributed by atoms with Crippen molar-refractivity contribution >= 4 is 5.97 Å². The second kappa shape index (κ2) is 3.21. The van der Waals surface area contributed by atoms with Crippen LogP contribution in [0.15, 0.2) is 0 Å². The average molecular weight is 200 g/mol. The van der Waals surface area contributed by atoms with Crippen LogP contribution >= 0.6 is 0 Å². The van der Waals surface area contributed by atoms with Gasteiger partial charge in [-0.05, 0) is 25.7 Å². The van der Waals surface area contributed by atoms with Crippen LogP contribution in [0.1, 0.15) is 45.4 Å². The fourth-order valence-electron chi connectivity index (χ4n) is 2.43. The van der Waals surface area contributed by atoms with Crippen molar-refractivity contribution in [1.29, 1.82) is 0 Å². The largest absolute Gasteiger partial charge is 0.390 e. The quantitative estimate of drug-likeness (QED) is 0.551. The van der Waals surface area contributed by atoms with Crippen molar-refractivity contribution in [1.82, 2.24) is 0 Å². The summed E-state index contributed by atoms with van der Waals surface area (Å²) in [6.07, 6.45) is 4.03. The highest BCUT2D eigenvalue weighted by atomic mass is 17.2. The summed E-state index contributed by atoms with van der Waals surface area (Å²) in [5.41, 5.74) is -0.946. The molecule has 0 spiro atoms. The van der Waals surface area contributed by atoms with Gasteiger partial charge in [0.05, 0.1) is 5.60 Å². The van der Waals surface area contributed by atoms with Crippen molar-refractivity contribution < 1.29 is 19.7 Å². The number of carbonyl (C=O) groups excluding carboxylic acids is 1. The molecule has 80 valence electrons. The third-order valence-corrected chi connectivity index (χ3v) is 3.34. The molecule has 2 aliphatic carbocycles. The third-order valence-electron chi connectivity index (χ3n) is 3.34. The van der Waals surface area contributed by atoms with E-state index in [0.29, 0.717) is 12.8 Å². The molecule has 0 aromatic rings. The van der Waals surface area contributed by atoms with E-state index in [-0.39, 0.29) is 11.6 Å². The van der Waals surface area contributed by atoms with Crippen molar-refractivity contribution in [2.45, 2.75) is 56.7 Å². The second-order valence-electron chi connectivity index (χ2n) is 4.48. The summed E-state index contributed by atoms with van der Waals surface area (Å²) in [5.74, 6) is -0.346. The van der Waals surface area contributed by atoms with Crippen LogP contribution in [-0.2, 0) is 14.6 Å². The van der Waals surface area contributed by atoms with Gasteiger partial charge in [-0.3, -0.25) is 4.89 Å². The fourth-order valence-corrected chi connectivity index (χ4v) is 2.43.